The van der Waals surface area contributed by atoms with Crippen LogP contribution < -0.4 is 4.72 Å². The van der Waals surface area contributed by atoms with Gasteiger partial charge in [-0.1, -0.05) is 48.5 Å². The van der Waals surface area contributed by atoms with Gasteiger partial charge in [-0.25, -0.2) is 13.1 Å². The summed E-state index contributed by atoms with van der Waals surface area (Å²) < 4.78 is 28.3. The van der Waals surface area contributed by atoms with Crippen LogP contribution in [0.4, 0.5) is 0 Å². The Hall–Kier alpha value is -3.36. The van der Waals surface area contributed by atoms with Gasteiger partial charge in [-0.05, 0) is 30.7 Å². The summed E-state index contributed by atoms with van der Waals surface area (Å²) in [6, 6.07) is 20.2. The molecule has 7 nitrogen and oxygen atoms in total. The van der Waals surface area contributed by atoms with Gasteiger partial charge >= 0.3 is 0 Å². The third kappa shape index (κ3) is 4.23. The number of nitrogens with zero attached hydrogens (tertiary/aromatic N) is 3. The number of aryl methyl sites for hydroxylation is 1. The van der Waals surface area contributed by atoms with Crippen molar-refractivity contribution in [3.8, 4) is 22.8 Å². The molecule has 0 spiro atoms. The van der Waals surface area contributed by atoms with Crippen LogP contribution in [0.1, 0.15) is 11.3 Å². The fraction of sp³-hybridized carbons (Fsp3) is 0.0952. The van der Waals surface area contributed by atoms with Crippen molar-refractivity contribution in [1.82, 2.24) is 24.9 Å². The monoisotopic (exact) mass is 405 g/mol. The molecule has 0 amide bonds. The van der Waals surface area contributed by atoms with Gasteiger partial charge in [0.2, 0.25) is 10.0 Å². The van der Waals surface area contributed by atoms with Gasteiger partial charge in [-0.15, -0.1) is 10.2 Å². The quantitative estimate of drug-likeness (QED) is 0.512. The van der Waals surface area contributed by atoms with Gasteiger partial charge in [0, 0.05) is 17.3 Å². The smallest absolute Gasteiger partial charge is 0.241 e. The molecule has 4 rings (SSSR count). The van der Waals surface area contributed by atoms with E-state index in [1.165, 1.54) is 0 Å². The van der Waals surface area contributed by atoms with Crippen LogP contribution in [0, 0.1) is 6.92 Å². The second-order valence-corrected chi connectivity index (χ2v) is 8.25. The molecule has 2 aromatic carbocycles. The van der Waals surface area contributed by atoms with Gasteiger partial charge in [0.1, 0.15) is 0 Å². The number of benzene rings is 2. The van der Waals surface area contributed by atoms with E-state index in [9.17, 15) is 8.42 Å². The third-order valence-corrected chi connectivity index (χ3v) is 6.00. The van der Waals surface area contributed by atoms with Crippen molar-refractivity contribution in [2.75, 3.05) is 0 Å². The van der Waals surface area contributed by atoms with E-state index in [1.54, 1.807) is 37.4 Å². The summed E-state index contributed by atoms with van der Waals surface area (Å²) >= 11 is 0. The number of aromatic amines is 1. The standard InChI is InChI=1S/C21H19N5O2S/c1-15-10-11-17(21-24-20(25-26-21)16-7-3-2-4-8-16)13-19(15)29(27,28)23-14-18-9-5-6-12-22-18/h2-13,23H,14H2,1H3,(H,24,25,26). The topological polar surface area (TPSA) is 101 Å². The first-order valence-electron chi connectivity index (χ1n) is 9.02. The number of aromatic nitrogens is 4. The molecule has 0 aliphatic heterocycles. The third-order valence-electron chi connectivity index (χ3n) is 4.45. The lowest BCUT2D eigenvalue weighted by molar-refractivity contribution is 0.580. The Kier molecular flexibility index (Phi) is 5.20. The molecule has 8 heteroatoms. The minimum atomic E-state index is -3.72. The van der Waals surface area contributed by atoms with Crippen molar-refractivity contribution in [1.29, 1.82) is 0 Å². The highest BCUT2D eigenvalue weighted by atomic mass is 32.2. The summed E-state index contributed by atoms with van der Waals surface area (Å²) in [5.74, 6) is 1.13. The summed E-state index contributed by atoms with van der Waals surface area (Å²) in [6.07, 6.45) is 1.63. The van der Waals surface area contributed by atoms with E-state index in [0.29, 0.717) is 28.5 Å². The summed E-state index contributed by atoms with van der Waals surface area (Å²) in [6.45, 7) is 1.88. The first kappa shape index (κ1) is 19.0. The van der Waals surface area contributed by atoms with E-state index < -0.39 is 10.0 Å². The van der Waals surface area contributed by atoms with Crippen molar-refractivity contribution in [2.24, 2.45) is 0 Å². The van der Waals surface area contributed by atoms with E-state index in [1.807, 2.05) is 42.5 Å². The average Bonchev–Trinajstić information content (AvgIpc) is 3.24. The Bertz CT molecular complexity index is 1220. The summed E-state index contributed by atoms with van der Waals surface area (Å²) in [4.78, 5) is 7.50. The van der Waals surface area contributed by atoms with Gasteiger partial charge < -0.3 is 4.98 Å². The number of H-pyrrole nitrogens is 1. The molecule has 0 aliphatic carbocycles. The largest absolute Gasteiger partial charge is 0.321 e. The fourth-order valence-electron chi connectivity index (χ4n) is 2.90. The molecule has 0 aliphatic rings. The minimum Gasteiger partial charge on any atom is -0.321 e. The highest BCUT2D eigenvalue weighted by Gasteiger charge is 2.19. The Morgan fingerprint density at radius 2 is 1.62 bits per heavy atom. The zero-order valence-electron chi connectivity index (χ0n) is 15.7. The van der Waals surface area contributed by atoms with E-state index in [2.05, 4.69) is 24.9 Å². The van der Waals surface area contributed by atoms with Crippen molar-refractivity contribution >= 4 is 10.0 Å². The lowest BCUT2D eigenvalue weighted by Gasteiger charge is -2.10. The molecule has 0 fully saturated rings. The van der Waals surface area contributed by atoms with Crippen LogP contribution in [0.5, 0.6) is 0 Å². The van der Waals surface area contributed by atoms with Gasteiger partial charge in [-0.2, -0.15) is 0 Å². The fourth-order valence-corrected chi connectivity index (χ4v) is 4.17. The summed E-state index contributed by atoms with van der Waals surface area (Å²) in [5, 5.41) is 8.35. The van der Waals surface area contributed by atoms with Crippen LogP contribution in [-0.4, -0.2) is 28.6 Å². The maximum Gasteiger partial charge on any atom is 0.241 e. The maximum absolute atomic E-state index is 12.9. The molecule has 0 bridgehead atoms. The highest BCUT2D eigenvalue weighted by Crippen LogP contribution is 2.24. The number of hydrogen-bond acceptors (Lipinski definition) is 5. The molecule has 29 heavy (non-hydrogen) atoms. The molecule has 2 aromatic heterocycles. The van der Waals surface area contributed by atoms with Gasteiger partial charge in [-0.3, -0.25) is 4.98 Å². The first-order valence-corrected chi connectivity index (χ1v) is 10.5. The van der Waals surface area contributed by atoms with Crippen LogP contribution >= 0.6 is 0 Å². The summed E-state index contributed by atoms with van der Waals surface area (Å²) in [7, 11) is -3.72. The SMILES string of the molecule is Cc1ccc(-c2nnc(-c3ccccc3)[nH]2)cc1S(=O)(=O)NCc1ccccn1. The highest BCUT2D eigenvalue weighted by molar-refractivity contribution is 7.89. The van der Waals surface area contributed by atoms with E-state index in [-0.39, 0.29) is 11.4 Å². The number of pyridine rings is 1. The zero-order valence-corrected chi connectivity index (χ0v) is 16.5. The molecule has 4 aromatic rings. The van der Waals surface area contributed by atoms with Crippen LogP contribution in [0.3, 0.4) is 0 Å². The molecule has 0 unspecified atom stereocenters. The van der Waals surface area contributed by atoms with E-state index >= 15 is 0 Å². The lowest BCUT2D eigenvalue weighted by atomic mass is 10.1. The zero-order chi connectivity index (χ0) is 20.3. The number of sulfonamides is 1. The van der Waals surface area contributed by atoms with Crippen molar-refractivity contribution in [2.45, 2.75) is 18.4 Å². The number of nitrogens with one attached hydrogen (secondary N) is 2. The first-order chi connectivity index (χ1) is 14.0. The second kappa shape index (κ2) is 7.94. The predicted octanol–water partition coefficient (Wildman–Crippen LogP) is 3.32. The van der Waals surface area contributed by atoms with Crippen molar-refractivity contribution in [3.05, 3.63) is 84.2 Å². The van der Waals surface area contributed by atoms with E-state index in [4.69, 9.17) is 0 Å². The summed E-state index contributed by atoms with van der Waals surface area (Å²) in [5.41, 5.74) is 2.84. The minimum absolute atomic E-state index is 0.118. The normalized spacial score (nSPS) is 11.5. The second-order valence-electron chi connectivity index (χ2n) is 6.51. The predicted molar refractivity (Wildman–Crippen MR) is 110 cm³/mol. The van der Waals surface area contributed by atoms with Crippen LogP contribution in [-0.2, 0) is 16.6 Å². The molecular formula is C21H19N5O2S. The molecule has 2 N–H and O–H groups in total. The molecule has 0 radical (unpaired) electrons. The average molecular weight is 405 g/mol. The Morgan fingerprint density at radius 3 is 2.34 bits per heavy atom. The van der Waals surface area contributed by atoms with Crippen molar-refractivity contribution in [3.63, 3.8) is 0 Å². The van der Waals surface area contributed by atoms with E-state index in [0.717, 1.165) is 5.56 Å². The molecule has 0 atom stereocenters. The van der Waals surface area contributed by atoms with Crippen molar-refractivity contribution < 1.29 is 8.42 Å². The number of rotatable bonds is 6. The molecule has 146 valence electrons. The Morgan fingerprint density at radius 1 is 0.897 bits per heavy atom. The van der Waals surface area contributed by atoms with Crippen LogP contribution in [0.25, 0.3) is 22.8 Å². The molecule has 0 saturated carbocycles. The Balaban J connectivity index is 1.62. The van der Waals surface area contributed by atoms with Crippen LogP contribution in [0.2, 0.25) is 0 Å². The van der Waals surface area contributed by atoms with Crippen LogP contribution in [0.15, 0.2) is 77.8 Å². The Labute approximate surface area is 168 Å². The van der Waals surface area contributed by atoms with Gasteiger partial charge in [0.25, 0.3) is 0 Å². The molecule has 2 heterocycles. The maximum atomic E-state index is 12.9. The van der Waals surface area contributed by atoms with Gasteiger partial charge in [0.15, 0.2) is 11.6 Å². The van der Waals surface area contributed by atoms with Gasteiger partial charge in [0.05, 0.1) is 17.1 Å². The molecule has 0 saturated heterocycles. The molecular weight excluding hydrogens is 386 g/mol. The number of hydrogen-bond donors (Lipinski definition) is 2. The lowest BCUT2D eigenvalue weighted by Crippen LogP contribution is -2.24.